The van der Waals surface area contributed by atoms with Gasteiger partial charge in [-0.2, -0.15) is 0 Å². The number of hydrogen-bond acceptors (Lipinski definition) is 26. The zero-order chi connectivity index (χ0) is 100. The number of aromatic amines is 2. The molecule has 6 aliphatic heterocycles. The van der Waals surface area contributed by atoms with Gasteiger partial charge >= 0.3 is 24.1 Å². The molecule has 42 heteroatoms. The van der Waals surface area contributed by atoms with Gasteiger partial charge in [-0.1, -0.05) is 79.7 Å². The maximum absolute atomic E-state index is 15.8. The highest BCUT2D eigenvalue weighted by atomic mass is 32.2. The van der Waals surface area contributed by atoms with Crippen LogP contribution in [0.2, 0.25) is 0 Å². The third-order valence-corrected chi connectivity index (χ3v) is 29.4. The monoisotopic (exact) mass is 1950 g/mol. The van der Waals surface area contributed by atoms with E-state index in [0.717, 1.165) is 59.6 Å². The number of halogens is 2. The van der Waals surface area contributed by atoms with Gasteiger partial charge in [0.25, 0.3) is 11.4 Å². The topological polar surface area (TPSA) is 487 Å². The van der Waals surface area contributed by atoms with Crippen LogP contribution in [0.4, 0.5) is 52.5 Å². The Balaban J connectivity index is 0.000000234. The molecule has 38 nitrogen and oxygen atoms in total. The number of nitro groups is 2. The molecule has 740 valence electrons. The molecule has 2 aromatic heterocycles. The number of esters is 2. The smallest absolute Gasteiger partial charge is 0.407 e. The number of likely N-dealkylation sites (tertiary alicyclic amines) is 4. The molecule has 0 saturated carbocycles. The Labute approximate surface area is 797 Å². The summed E-state index contributed by atoms with van der Waals surface area (Å²) in [6.07, 6.45) is 6.38. The number of benzene rings is 6. The summed E-state index contributed by atoms with van der Waals surface area (Å²) >= 11 is 0. The van der Waals surface area contributed by atoms with E-state index in [2.05, 4.69) is 36.1 Å². The fraction of sp³-hybridized carbons (Fsp3) is 0.500. The van der Waals surface area contributed by atoms with E-state index in [1.165, 1.54) is 92.8 Å². The number of ether oxygens (including phenoxy) is 4. The number of hydrogen-bond donors (Lipinski definition) is 6. The number of sulfone groups is 2. The first-order valence-corrected chi connectivity index (χ1v) is 50.0. The SMILES string of the molecule is COC(=O)C[C@H](C(=O)N1CCC[C@H]1C(=O)Nc1ccc([C@H]2CC[C@H](c3ccc(NC(=O)[C@@H]4CCCN4C(=O)[C@@H](CC(=O)OC)C(C)C)c([N+](=O)[O-])c3)N2c2ccc(S(C)(=O)=O)c(F)c2)cc1[N+](=O)[O-])C(C)C.COC(=O)N[C@H](C(=O)N1CCC[C@H]1c1nc2ccc([C@H]3CC[C@H](c4ccc5nc([C@@H]6CCCN6C(=O)[C@@H](NC(=O)OC)C(C)C)[nH]c5c4)N3c3ccc(S(C)(=O)=O)c(F)c3)cc2[nH]1)C(C)C. The lowest BCUT2D eigenvalue weighted by atomic mass is 9.90. The third kappa shape index (κ3) is 22.1. The van der Waals surface area contributed by atoms with E-state index in [-0.39, 0.29) is 133 Å². The molecule has 12 atom stereocenters. The number of nitrogens with zero attached hydrogens (tertiary/aromatic N) is 10. The van der Waals surface area contributed by atoms with Crippen LogP contribution in [0.3, 0.4) is 0 Å². The van der Waals surface area contributed by atoms with E-state index in [4.69, 9.17) is 28.9 Å². The molecule has 0 unspecified atom stereocenters. The Bertz CT molecular complexity index is 5980. The molecular formula is C96H118F2N16O22S2. The van der Waals surface area contributed by atoms with Crippen molar-refractivity contribution in [2.45, 2.75) is 215 Å². The number of nitrogens with one attached hydrogen (secondary N) is 6. The second kappa shape index (κ2) is 42.8. The molecule has 0 aliphatic carbocycles. The largest absolute Gasteiger partial charge is 0.469 e. The molecule has 0 bridgehead atoms. The summed E-state index contributed by atoms with van der Waals surface area (Å²) in [6, 6.07) is 21.6. The fourth-order valence-electron chi connectivity index (χ4n) is 20.0. The summed E-state index contributed by atoms with van der Waals surface area (Å²) in [6.45, 7) is 16.1. The summed E-state index contributed by atoms with van der Waals surface area (Å²) in [5.41, 5.74) is 4.79. The number of aromatic nitrogens is 4. The predicted molar refractivity (Wildman–Crippen MR) is 504 cm³/mol. The van der Waals surface area contributed by atoms with Crippen LogP contribution in [0.5, 0.6) is 0 Å². The highest BCUT2D eigenvalue weighted by molar-refractivity contribution is 7.91. The van der Waals surface area contributed by atoms with Crippen molar-refractivity contribution in [3.05, 3.63) is 175 Å². The summed E-state index contributed by atoms with van der Waals surface area (Å²) in [5, 5.41) is 36.1. The number of fused-ring (bicyclic) bond motifs is 2. The van der Waals surface area contributed by atoms with Crippen molar-refractivity contribution in [3.63, 3.8) is 0 Å². The molecule has 8 heterocycles. The van der Waals surface area contributed by atoms with Crippen molar-refractivity contribution >= 4 is 135 Å². The first kappa shape index (κ1) is 102. The Morgan fingerprint density at radius 2 is 0.761 bits per heavy atom. The van der Waals surface area contributed by atoms with Crippen LogP contribution < -0.4 is 31.1 Å². The van der Waals surface area contributed by atoms with Gasteiger partial charge in [-0.25, -0.2) is 45.2 Å². The Hall–Kier alpha value is -13.3. The van der Waals surface area contributed by atoms with Crippen LogP contribution >= 0.6 is 0 Å². The predicted octanol–water partition coefficient (Wildman–Crippen LogP) is 13.8. The van der Waals surface area contributed by atoms with Crippen LogP contribution in [0.1, 0.15) is 215 Å². The lowest BCUT2D eigenvalue weighted by Crippen LogP contribution is -2.51. The molecule has 6 saturated heterocycles. The lowest BCUT2D eigenvalue weighted by Gasteiger charge is -2.33. The van der Waals surface area contributed by atoms with Gasteiger partial charge in [-0.15, -0.1) is 0 Å². The normalized spacial score (nSPS) is 20.3. The fourth-order valence-corrected chi connectivity index (χ4v) is 21.5. The molecule has 8 amide bonds. The van der Waals surface area contributed by atoms with Gasteiger partial charge in [0.05, 0.1) is 121 Å². The van der Waals surface area contributed by atoms with E-state index in [9.17, 15) is 85.0 Å². The number of nitro benzene ring substituents is 2. The zero-order valence-corrected chi connectivity index (χ0v) is 81.0. The average molecular weight is 1950 g/mol. The summed E-state index contributed by atoms with van der Waals surface area (Å²) in [5.74, 6) is -6.81. The van der Waals surface area contributed by atoms with Crippen LogP contribution in [-0.2, 0) is 77.0 Å². The number of imidazole rings is 2. The van der Waals surface area contributed by atoms with Crippen molar-refractivity contribution < 1.29 is 102 Å². The quantitative estimate of drug-likeness (QED) is 0.0105. The highest BCUT2D eigenvalue weighted by Gasteiger charge is 2.47. The second-order valence-electron chi connectivity index (χ2n) is 37.4. The number of carbonyl (C=O) groups excluding carboxylic acids is 10. The van der Waals surface area contributed by atoms with Crippen LogP contribution in [0.25, 0.3) is 22.1 Å². The van der Waals surface area contributed by atoms with E-state index < -0.39 is 153 Å². The van der Waals surface area contributed by atoms with Crippen LogP contribution in [0, 0.1) is 67.4 Å². The first-order valence-electron chi connectivity index (χ1n) is 46.2. The number of H-pyrrole nitrogens is 2. The lowest BCUT2D eigenvalue weighted by molar-refractivity contribution is -0.384. The summed E-state index contributed by atoms with van der Waals surface area (Å²) in [7, 11) is -2.89. The number of rotatable bonds is 30. The van der Waals surface area contributed by atoms with E-state index in [0.29, 0.717) is 91.1 Å². The van der Waals surface area contributed by atoms with E-state index in [1.807, 2.05) is 64.1 Å². The van der Waals surface area contributed by atoms with E-state index in [1.54, 1.807) is 48.5 Å². The molecule has 6 aliphatic rings. The van der Waals surface area contributed by atoms with Crippen molar-refractivity contribution in [3.8, 4) is 0 Å². The molecule has 6 fully saturated rings. The Morgan fingerprint density at radius 3 is 1.07 bits per heavy atom. The molecule has 6 aromatic carbocycles. The van der Waals surface area contributed by atoms with Crippen LogP contribution in [-0.4, -0.2) is 217 Å². The van der Waals surface area contributed by atoms with Crippen molar-refractivity contribution in [1.82, 2.24) is 50.2 Å². The minimum atomic E-state index is -4.02. The van der Waals surface area contributed by atoms with Gasteiger partial charge < -0.3 is 79.6 Å². The maximum atomic E-state index is 15.8. The Kier molecular flexibility index (Phi) is 31.7. The maximum Gasteiger partial charge on any atom is 0.407 e. The first-order chi connectivity index (χ1) is 65.4. The second-order valence-corrected chi connectivity index (χ2v) is 41.4. The van der Waals surface area contributed by atoms with Crippen LogP contribution in [0.15, 0.2) is 119 Å². The molecule has 14 rings (SSSR count). The van der Waals surface area contributed by atoms with Gasteiger partial charge in [0.2, 0.25) is 35.4 Å². The number of anilines is 4. The standard InChI is InChI=1S/C49H60FN7O14S.C47H58FN9O8S/c1-27(2)32(25-44(58)70-5)48(62)53-20-8-10-39(53)46(60)51-35-15-12-29(22-41(35)56(64)65)37-17-18-38(55(37)31-14-19-43(34(50)24-31)72(7,68)69)30-13-16-36(42(23-30)57(66)67)52-47(61)40-11-9-21-54(40)49(63)33(28(3)4)26-45(59)71-6;1-25(2)40(53-46(60)64-5)44(58)55-20-8-10-37(55)42-49-31-15-12-27(22-33(31)51-42)35-17-18-36(57(35)29-14-19-39(30(48)24-29)66(7,62)63)28-13-16-32-34(23-28)52-43(50-32)38-11-9-21-56(38)45(59)41(26(3)4)54-47(61)65-6/h12-16,19,22-24,27-28,32-33,37-40H,8-11,17-18,20-21,25-26H2,1-7H3,(H,51,60)(H,52,61);12-16,19,22-26,35-38,40-41H,8-11,17-18,20-21H2,1-7H3,(H,49,51)(H,50,52)(H,53,60)(H,54,61)/t32-,33-,37+,38+,39-,40-;35-,36-,37+,38+,40+,41+/m01/s1. The van der Waals surface area contributed by atoms with E-state index >= 15 is 8.78 Å². The average Bonchev–Trinajstić information content (AvgIpc) is 1.58. The minimum absolute atomic E-state index is 0.142. The molecule has 0 radical (unpaired) electrons. The molecule has 138 heavy (non-hydrogen) atoms. The van der Waals surface area contributed by atoms with Crippen molar-refractivity contribution in [1.29, 1.82) is 0 Å². The molecular weight excluding hydrogens is 1830 g/mol. The molecule has 8 aromatic rings. The van der Waals surface area contributed by atoms with Gasteiger partial charge in [0, 0.05) is 62.2 Å². The Morgan fingerprint density at radius 1 is 0.428 bits per heavy atom. The number of alkyl carbamates (subject to hydrolysis) is 2. The van der Waals surface area contributed by atoms with Gasteiger partial charge in [0.1, 0.15) is 68.6 Å². The van der Waals surface area contributed by atoms with Crippen molar-refractivity contribution in [2.75, 3.05) is 87.6 Å². The summed E-state index contributed by atoms with van der Waals surface area (Å²) in [4.78, 5) is 181. The highest BCUT2D eigenvalue weighted by Crippen LogP contribution is 2.52. The van der Waals surface area contributed by atoms with Crippen molar-refractivity contribution in [2.24, 2.45) is 35.5 Å². The van der Waals surface area contributed by atoms with Gasteiger partial charge in [-0.3, -0.25) is 58.6 Å². The third-order valence-electron chi connectivity index (χ3n) is 27.2. The minimum Gasteiger partial charge on any atom is -0.469 e. The molecule has 6 N–H and O–H groups in total. The van der Waals surface area contributed by atoms with Gasteiger partial charge in [-0.05, 0) is 196 Å². The summed E-state index contributed by atoms with van der Waals surface area (Å²) < 4.78 is 101. The number of carbonyl (C=O) groups is 10. The number of amides is 8. The van der Waals surface area contributed by atoms with Gasteiger partial charge in [0.15, 0.2) is 19.7 Å². The zero-order valence-electron chi connectivity index (χ0n) is 79.4. The molecule has 0 spiro atoms. The number of methoxy groups -OCH3 is 4.